The quantitative estimate of drug-likeness (QED) is 0.0689. The SMILES string of the molecule is O=C(O[C@@H]1COC(=O)c2cc(O)c(O)c(O)c2-c2c(cc(O)c(O)c2O)C(=O)O[C@H]1[C@@H]1OC(=O)c2cc(O)c(O)c(O)c2-c2c(O)c(O)c(O)c3c2C(=O)O[C@H]1[C@H]3O)c1cc(O)c(O)c(O)c1. The summed E-state index contributed by atoms with van der Waals surface area (Å²) >= 11 is 0. The van der Waals surface area contributed by atoms with E-state index in [9.17, 15) is 106 Å². The molecule has 0 saturated heterocycles. The highest BCUT2D eigenvalue weighted by molar-refractivity contribution is 6.11. The minimum absolute atomic E-state index is 0.331. The Balaban J connectivity index is 1.42. The number of aliphatic hydroxyl groups is 1. The van der Waals surface area contributed by atoms with E-state index in [-0.39, 0.29) is 0 Å². The Bertz CT molecular complexity index is 3060. The summed E-state index contributed by atoms with van der Waals surface area (Å²) in [5.74, 6) is -29.6. The third-order valence-corrected chi connectivity index (χ3v) is 10.9. The first-order valence-electron chi connectivity index (χ1n) is 18.6. The molecule has 0 amide bonds. The maximum atomic E-state index is 14.6. The topological polar surface area (TPSA) is 455 Å². The number of ether oxygens (including phenoxy) is 5. The van der Waals surface area contributed by atoms with Crippen LogP contribution in [0.25, 0.3) is 22.3 Å². The van der Waals surface area contributed by atoms with Crippen molar-refractivity contribution < 1.29 is 129 Å². The summed E-state index contributed by atoms with van der Waals surface area (Å²) in [5, 5.41) is 172. The van der Waals surface area contributed by atoms with Gasteiger partial charge in [-0.05, 0) is 30.3 Å². The molecule has 9 rings (SSSR count). The number of esters is 5. The summed E-state index contributed by atoms with van der Waals surface area (Å²) < 4.78 is 27.6. The van der Waals surface area contributed by atoms with Gasteiger partial charge in [-0.25, -0.2) is 24.0 Å². The van der Waals surface area contributed by atoms with Crippen LogP contribution < -0.4 is 0 Å². The predicted octanol–water partition coefficient (Wildman–Crippen LogP) is 1.34. The van der Waals surface area contributed by atoms with Gasteiger partial charge in [-0.3, -0.25) is 0 Å². The van der Waals surface area contributed by atoms with Crippen molar-refractivity contribution in [2.24, 2.45) is 0 Å². The summed E-state index contributed by atoms with van der Waals surface area (Å²) in [4.78, 5) is 70.9. The van der Waals surface area contributed by atoms with Crippen LogP contribution in [-0.2, 0) is 23.7 Å². The number of hydrogen-bond acceptors (Lipinski definition) is 26. The Morgan fingerprint density at radius 2 is 0.836 bits per heavy atom. The first-order chi connectivity index (χ1) is 31.5. The van der Waals surface area contributed by atoms with Crippen molar-refractivity contribution in [1.29, 1.82) is 0 Å². The number of aliphatic hydroxyl groups excluding tert-OH is 1. The molecular weight excluding hydrogens is 908 g/mol. The molecule has 4 bridgehead atoms. The van der Waals surface area contributed by atoms with Gasteiger partial charge in [0.05, 0.1) is 27.8 Å². The van der Waals surface area contributed by atoms with Crippen molar-refractivity contribution in [3.05, 3.63) is 63.7 Å². The van der Waals surface area contributed by atoms with Crippen molar-refractivity contribution in [2.75, 3.05) is 6.61 Å². The molecule has 16 N–H and O–H groups in total. The molecule has 0 saturated carbocycles. The molecule has 348 valence electrons. The highest BCUT2D eigenvalue weighted by atomic mass is 16.6. The molecular formula is C41H28O26. The molecule has 0 aliphatic carbocycles. The second kappa shape index (κ2) is 15.3. The van der Waals surface area contributed by atoms with E-state index in [1.807, 2.05) is 0 Å². The number of carbonyl (C=O) groups excluding carboxylic acids is 5. The molecule has 67 heavy (non-hydrogen) atoms. The summed E-state index contributed by atoms with van der Waals surface area (Å²) in [6, 6.07) is 2.15. The van der Waals surface area contributed by atoms with Gasteiger partial charge in [0.15, 0.2) is 87.7 Å². The minimum Gasteiger partial charge on any atom is -0.504 e. The lowest BCUT2D eigenvalue weighted by molar-refractivity contribution is -0.154. The largest absolute Gasteiger partial charge is 0.504 e. The molecule has 0 radical (unpaired) electrons. The molecule has 4 heterocycles. The number of phenols is 15. The molecule has 26 heteroatoms. The lowest BCUT2D eigenvalue weighted by Crippen LogP contribution is -2.56. The fourth-order valence-electron chi connectivity index (χ4n) is 7.72. The van der Waals surface area contributed by atoms with Gasteiger partial charge in [-0.15, -0.1) is 0 Å². The maximum absolute atomic E-state index is 14.6. The van der Waals surface area contributed by atoms with E-state index in [1.165, 1.54) is 0 Å². The lowest BCUT2D eigenvalue weighted by Gasteiger charge is -2.40. The van der Waals surface area contributed by atoms with Crippen LogP contribution in [0.5, 0.6) is 86.2 Å². The number of hydrogen-bond donors (Lipinski definition) is 16. The Kier molecular flexibility index (Phi) is 10.1. The van der Waals surface area contributed by atoms with Gasteiger partial charge in [-0.1, -0.05) is 0 Å². The van der Waals surface area contributed by atoms with Crippen molar-refractivity contribution >= 4 is 29.8 Å². The maximum Gasteiger partial charge on any atom is 0.339 e. The second-order valence-electron chi connectivity index (χ2n) is 14.7. The van der Waals surface area contributed by atoms with Crippen molar-refractivity contribution in [3.63, 3.8) is 0 Å². The van der Waals surface area contributed by atoms with Gasteiger partial charge in [0, 0.05) is 27.8 Å². The van der Waals surface area contributed by atoms with E-state index in [0.29, 0.717) is 30.3 Å². The average molecular weight is 937 g/mol. The smallest absolute Gasteiger partial charge is 0.339 e. The van der Waals surface area contributed by atoms with Crippen LogP contribution in [0.4, 0.5) is 0 Å². The molecule has 4 aliphatic heterocycles. The lowest BCUT2D eigenvalue weighted by atomic mass is 9.82. The van der Waals surface area contributed by atoms with E-state index in [2.05, 4.69) is 0 Å². The van der Waals surface area contributed by atoms with E-state index in [0.717, 1.165) is 0 Å². The standard InChI is InChI=1S/C41H28O26/c42-11-1-7(2-12(43)23(11)47)37(58)64-16-6-63-38(59)8-3-13(44)24(48)27(51)17(8)18-9(4-14(45)25(49)28(18)52)39(60)65-34(16)36-35-32(56)22-21(41(62)66-35)20(30(54)33(57)31(22)55)19-10(40(61)67-36)5-15(46)26(50)29(19)53/h1-5,16,32,34-36,42-57H,6H2/t16-,32+,34-,35+,36+/m1/s1. The number of carbonyl (C=O) groups is 5. The van der Waals surface area contributed by atoms with Gasteiger partial charge < -0.3 is 105 Å². The van der Waals surface area contributed by atoms with Crippen molar-refractivity contribution in [1.82, 2.24) is 0 Å². The summed E-state index contributed by atoms with van der Waals surface area (Å²) in [6.07, 6.45) is -13.4. The van der Waals surface area contributed by atoms with Crippen LogP contribution in [0.1, 0.15) is 63.5 Å². The zero-order chi connectivity index (χ0) is 49.0. The number of benzene rings is 5. The van der Waals surface area contributed by atoms with Gasteiger partial charge >= 0.3 is 29.8 Å². The first kappa shape index (κ1) is 44.0. The summed E-state index contributed by atoms with van der Waals surface area (Å²) in [7, 11) is 0. The van der Waals surface area contributed by atoms with Crippen molar-refractivity contribution in [3.8, 4) is 108 Å². The molecule has 4 aliphatic rings. The zero-order valence-corrected chi connectivity index (χ0v) is 32.7. The number of fused-ring (bicyclic) bond motifs is 6. The van der Waals surface area contributed by atoms with Crippen LogP contribution in [0.2, 0.25) is 0 Å². The molecule has 5 aromatic carbocycles. The van der Waals surface area contributed by atoms with Gasteiger partial charge in [-0.2, -0.15) is 0 Å². The molecule has 5 aromatic rings. The second-order valence-corrected chi connectivity index (χ2v) is 14.7. The molecule has 26 nitrogen and oxygen atoms in total. The number of phenolic OH excluding ortho intramolecular Hbond substituents is 15. The summed E-state index contributed by atoms with van der Waals surface area (Å²) in [5.41, 5.74) is -11.0. The fourth-order valence-corrected chi connectivity index (χ4v) is 7.72. The van der Waals surface area contributed by atoms with E-state index in [4.69, 9.17) is 23.7 Å². The number of rotatable bonds is 3. The van der Waals surface area contributed by atoms with Gasteiger partial charge in [0.1, 0.15) is 12.7 Å². The van der Waals surface area contributed by atoms with E-state index < -0.39 is 209 Å². The summed E-state index contributed by atoms with van der Waals surface area (Å²) in [6.45, 7) is -1.50. The third-order valence-electron chi connectivity index (χ3n) is 10.9. The number of aromatic hydroxyl groups is 15. The monoisotopic (exact) mass is 936 g/mol. The van der Waals surface area contributed by atoms with E-state index in [1.54, 1.807) is 0 Å². The van der Waals surface area contributed by atoms with Crippen LogP contribution in [-0.4, -0.2) is 143 Å². The van der Waals surface area contributed by atoms with Crippen LogP contribution in [0, 0.1) is 0 Å². The average Bonchev–Trinajstić information content (AvgIpc) is 3.29. The molecule has 0 fully saturated rings. The molecule has 0 spiro atoms. The normalized spacial score (nSPS) is 19.9. The van der Waals surface area contributed by atoms with Crippen LogP contribution in [0.3, 0.4) is 0 Å². The van der Waals surface area contributed by atoms with Crippen LogP contribution in [0.15, 0.2) is 30.3 Å². The highest BCUT2D eigenvalue weighted by Gasteiger charge is 2.54. The van der Waals surface area contributed by atoms with Crippen molar-refractivity contribution in [2.45, 2.75) is 30.5 Å². The third kappa shape index (κ3) is 6.57. The van der Waals surface area contributed by atoms with E-state index >= 15 is 0 Å². The highest BCUT2D eigenvalue weighted by Crippen LogP contribution is 2.58. The Hall–Kier alpha value is -9.59. The molecule has 5 atom stereocenters. The Morgan fingerprint density at radius 3 is 1.33 bits per heavy atom. The number of cyclic esters (lactones) is 2. The van der Waals surface area contributed by atoms with Gasteiger partial charge in [0.25, 0.3) is 0 Å². The molecule has 0 unspecified atom stereocenters. The molecule has 0 aromatic heterocycles. The van der Waals surface area contributed by atoms with Gasteiger partial charge in [0.2, 0.25) is 23.0 Å². The Morgan fingerprint density at radius 1 is 0.433 bits per heavy atom. The minimum atomic E-state index is -2.79. The first-order valence-corrected chi connectivity index (χ1v) is 18.6. The fraction of sp³-hybridized carbons (Fsp3) is 0.146. The Labute approximate surface area is 368 Å². The predicted molar refractivity (Wildman–Crippen MR) is 207 cm³/mol. The zero-order valence-electron chi connectivity index (χ0n) is 32.7. The van der Waals surface area contributed by atoms with Crippen LogP contribution >= 0.6 is 0 Å².